The van der Waals surface area contributed by atoms with Crippen LogP contribution in [0.25, 0.3) is 0 Å². The fourth-order valence-corrected chi connectivity index (χ4v) is 9.04. The molecule has 0 aromatic carbocycles. The van der Waals surface area contributed by atoms with Gasteiger partial charge in [0, 0.05) is 6.04 Å². The standard InChI is InChI=1S/C10H28N2OSi2/c1-10(12)6-8-14(2)13-15(3,4)9-5-7-11/h10,14H,5-9,11-12H2,1-4H3. The van der Waals surface area contributed by atoms with Crippen LogP contribution in [0.5, 0.6) is 0 Å². The summed E-state index contributed by atoms with van der Waals surface area (Å²) in [6.45, 7) is 9.75. The first-order valence-electron chi connectivity index (χ1n) is 6.01. The minimum absolute atomic E-state index is 0.317. The smallest absolute Gasteiger partial charge is 0.173 e. The van der Waals surface area contributed by atoms with Crippen molar-refractivity contribution in [2.75, 3.05) is 6.54 Å². The zero-order valence-electron chi connectivity index (χ0n) is 10.8. The van der Waals surface area contributed by atoms with Crippen LogP contribution in [0.15, 0.2) is 0 Å². The molecule has 0 fully saturated rings. The summed E-state index contributed by atoms with van der Waals surface area (Å²) in [4.78, 5) is 0. The van der Waals surface area contributed by atoms with E-state index in [4.69, 9.17) is 15.6 Å². The zero-order chi connectivity index (χ0) is 11.9. The molecular formula is C10H28N2OSi2. The van der Waals surface area contributed by atoms with E-state index in [0.717, 1.165) is 19.4 Å². The van der Waals surface area contributed by atoms with Crippen LogP contribution in [-0.2, 0) is 4.12 Å². The highest BCUT2D eigenvalue weighted by Gasteiger charge is 2.24. The molecule has 0 radical (unpaired) electrons. The largest absolute Gasteiger partial charge is 0.458 e. The molecule has 2 unspecified atom stereocenters. The topological polar surface area (TPSA) is 61.3 Å². The van der Waals surface area contributed by atoms with Crippen molar-refractivity contribution in [1.82, 2.24) is 0 Å². The molecule has 3 nitrogen and oxygen atoms in total. The van der Waals surface area contributed by atoms with Crippen LogP contribution in [0.2, 0.25) is 31.7 Å². The van der Waals surface area contributed by atoms with Crippen LogP contribution >= 0.6 is 0 Å². The monoisotopic (exact) mass is 248 g/mol. The van der Waals surface area contributed by atoms with Gasteiger partial charge in [-0.1, -0.05) is 0 Å². The average Bonchev–Trinajstić information content (AvgIpc) is 2.11. The lowest BCUT2D eigenvalue weighted by Crippen LogP contribution is -2.37. The maximum atomic E-state index is 6.26. The molecule has 4 N–H and O–H groups in total. The summed E-state index contributed by atoms with van der Waals surface area (Å²) >= 11 is 0. The molecule has 0 rings (SSSR count). The maximum Gasteiger partial charge on any atom is 0.173 e. The summed E-state index contributed by atoms with van der Waals surface area (Å²) in [5, 5.41) is 0. The van der Waals surface area contributed by atoms with E-state index in [0.29, 0.717) is 6.04 Å². The molecule has 0 amide bonds. The Morgan fingerprint density at radius 2 is 2.00 bits per heavy atom. The highest BCUT2D eigenvalue weighted by atomic mass is 28.4. The van der Waals surface area contributed by atoms with Gasteiger partial charge in [-0.25, -0.2) is 0 Å². The quantitative estimate of drug-likeness (QED) is 0.642. The predicted octanol–water partition coefficient (Wildman–Crippen LogP) is 1.65. The summed E-state index contributed by atoms with van der Waals surface area (Å²) in [6.07, 6.45) is 2.21. The maximum absolute atomic E-state index is 6.26. The van der Waals surface area contributed by atoms with E-state index < -0.39 is 17.4 Å². The average molecular weight is 249 g/mol. The van der Waals surface area contributed by atoms with Gasteiger partial charge in [-0.2, -0.15) is 0 Å². The Morgan fingerprint density at radius 1 is 1.40 bits per heavy atom. The van der Waals surface area contributed by atoms with Crippen molar-refractivity contribution >= 4 is 17.4 Å². The fourth-order valence-electron chi connectivity index (χ4n) is 1.69. The van der Waals surface area contributed by atoms with Gasteiger partial charge in [0.15, 0.2) is 17.4 Å². The van der Waals surface area contributed by atoms with Gasteiger partial charge in [0.1, 0.15) is 0 Å². The van der Waals surface area contributed by atoms with Gasteiger partial charge in [-0.15, -0.1) is 0 Å². The van der Waals surface area contributed by atoms with Gasteiger partial charge in [0.05, 0.1) is 0 Å². The molecular weight excluding hydrogens is 220 g/mol. The Balaban J connectivity index is 3.76. The number of nitrogens with two attached hydrogens (primary N) is 2. The van der Waals surface area contributed by atoms with Crippen LogP contribution in [0.4, 0.5) is 0 Å². The molecule has 0 saturated heterocycles. The van der Waals surface area contributed by atoms with E-state index in [1.54, 1.807) is 0 Å². The molecule has 0 spiro atoms. The first-order chi connectivity index (χ1) is 6.87. The molecule has 0 saturated carbocycles. The zero-order valence-corrected chi connectivity index (χ0v) is 12.9. The van der Waals surface area contributed by atoms with Crippen molar-refractivity contribution in [1.29, 1.82) is 0 Å². The Labute approximate surface area is 97.4 Å². The van der Waals surface area contributed by atoms with Gasteiger partial charge in [-0.05, 0) is 58.0 Å². The van der Waals surface area contributed by atoms with Gasteiger partial charge < -0.3 is 15.6 Å². The van der Waals surface area contributed by atoms with Crippen molar-refractivity contribution in [3.63, 3.8) is 0 Å². The van der Waals surface area contributed by atoms with Crippen molar-refractivity contribution < 1.29 is 4.12 Å². The van der Waals surface area contributed by atoms with E-state index in [1.165, 1.54) is 12.1 Å². The highest BCUT2D eigenvalue weighted by Crippen LogP contribution is 2.16. The second-order valence-electron chi connectivity index (χ2n) is 5.14. The van der Waals surface area contributed by atoms with E-state index in [-0.39, 0.29) is 0 Å². The van der Waals surface area contributed by atoms with E-state index in [2.05, 4.69) is 26.6 Å². The molecule has 92 valence electrons. The van der Waals surface area contributed by atoms with Gasteiger partial charge in [-0.3, -0.25) is 0 Å². The van der Waals surface area contributed by atoms with Gasteiger partial charge in [0.25, 0.3) is 0 Å². The third-order valence-corrected chi connectivity index (χ3v) is 9.40. The third kappa shape index (κ3) is 9.25. The fraction of sp³-hybridized carbons (Fsp3) is 1.00. The lowest BCUT2D eigenvalue weighted by Gasteiger charge is -2.27. The van der Waals surface area contributed by atoms with Crippen LogP contribution in [0.3, 0.4) is 0 Å². The Bertz CT molecular complexity index is 166. The molecule has 2 atom stereocenters. The Morgan fingerprint density at radius 3 is 2.47 bits per heavy atom. The van der Waals surface area contributed by atoms with E-state index >= 15 is 0 Å². The normalized spacial score (nSPS) is 16.4. The molecule has 0 aliphatic heterocycles. The van der Waals surface area contributed by atoms with E-state index in [9.17, 15) is 0 Å². The van der Waals surface area contributed by atoms with Crippen molar-refractivity contribution in [3.05, 3.63) is 0 Å². The van der Waals surface area contributed by atoms with Crippen LogP contribution in [0, 0.1) is 0 Å². The van der Waals surface area contributed by atoms with Gasteiger partial charge in [0.2, 0.25) is 0 Å². The first-order valence-corrected chi connectivity index (χ1v) is 11.6. The van der Waals surface area contributed by atoms with Crippen LogP contribution in [-0.4, -0.2) is 29.9 Å². The summed E-state index contributed by atoms with van der Waals surface area (Å²) in [7, 11) is -2.40. The molecule has 0 aliphatic rings. The highest BCUT2D eigenvalue weighted by molar-refractivity contribution is 6.78. The third-order valence-electron chi connectivity index (χ3n) is 2.53. The molecule has 5 heteroatoms. The van der Waals surface area contributed by atoms with Crippen molar-refractivity contribution in [2.24, 2.45) is 11.5 Å². The molecule has 0 bridgehead atoms. The minimum atomic E-state index is -1.42. The SMILES string of the molecule is CC(N)CC[SiH](C)O[Si](C)(C)CCCN. The Kier molecular flexibility index (Phi) is 7.72. The summed E-state index contributed by atoms with van der Waals surface area (Å²) in [6, 6.07) is 2.72. The molecule has 0 aromatic heterocycles. The van der Waals surface area contributed by atoms with Crippen LogP contribution in [0.1, 0.15) is 19.8 Å². The summed E-state index contributed by atoms with van der Waals surface area (Å²) < 4.78 is 6.26. The summed E-state index contributed by atoms with van der Waals surface area (Å²) in [5.41, 5.74) is 11.3. The van der Waals surface area contributed by atoms with Crippen molar-refractivity contribution in [2.45, 2.75) is 57.5 Å². The number of hydrogen-bond acceptors (Lipinski definition) is 3. The minimum Gasteiger partial charge on any atom is -0.458 e. The molecule has 0 heterocycles. The number of hydrogen-bond donors (Lipinski definition) is 2. The number of rotatable bonds is 8. The Hall–Kier alpha value is 0.314. The van der Waals surface area contributed by atoms with Crippen LogP contribution < -0.4 is 11.5 Å². The lowest BCUT2D eigenvalue weighted by atomic mass is 10.3. The molecule has 0 aliphatic carbocycles. The predicted molar refractivity (Wildman–Crippen MR) is 73.1 cm³/mol. The lowest BCUT2D eigenvalue weighted by molar-refractivity contribution is 0.548. The summed E-state index contributed by atoms with van der Waals surface area (Å²) in [5.74, 6) is 0. The first kappa shape index (κ1) is 15.3. The van der Waals surface area contributed by atoms with E-state index in [1.807, 2.05) is 0 Å². The second-order valence-corrected chi connectivity index (χ2v) is 12.3. The second kappa shape index (κ2) is 7.56. The molecule has 15 heavy (non-hydrogen) atoms. The molecule has 0 aromatic rings. The van der Waals surface area contributed by atoms with Gasteiger partial charge >= 0.3 is 0 Å². The van der Waals surface area contributed by atoms with Crippen molar-refractivity contribution in [3.8, 4) is 0 Å².